The second kappa shape index (κ2) is 1.97. The van der Waals surface area contributed by atoms with Crippen LogP contribution in [0.1, 0.15) is 26.2 Å². The minimum Gasteiger partial charge on any atom is -0.306 e. The maximum Gasteiger partial charge on any atom is 0.00380 e. The summed E-state index contributed by atoms with van der Waals surface area (Å²) in [5.41, 5.74) is 0.773. The third-order valence-corrected chi connectivity index (χ3v) is 3.70. The van der Waals surface area contributed by atoms with Crippen LogP contribution in [-0.2, 0) is 0 Å². The largest absolute Gasteiger partial charge is 0.306 e. The highest BCUT2D eigenvalue weighted by atomic mass is 15.1. The van der Waals surface area contributed by atoms with Crippen molar-refractivity contribution in [3.63, 3.8) is 0 Å². The summed E-state index contributed by atoms with van der Waals surface area (Å²) in [4.78, 5) is 2.48. The van der Waals surface area contributed by atoms with Crippen molar-refractivity contribution in [2.24, 2.45) is 11.3 Å². The van der Waals surface area contributed by atoms with Crippen molar-refractivity contribution in [1.29, 1.82) is 0 Å². The summed E-state index contributed by atoms with van der Waals surface area (Å²) >= 11 is 0. The van der Waals surface area contributed by atoms with Gasteiger partial charge < -0.3 is 4.90 Å². The van der Waals surface area contributed by atoms with Crippen molar-refractivity contribution in [3.8, 4) is 0 Å². The first-order valence-corrected chi connectivity index (χ1v) is 4.41. The fourth-order valence-corrected chi connectivity index (χ4v) is 2.56. The van der Waals surface area contributed by atoms with Crippen molar-refractivity contribution in [1.82, 2.24) is 4.90 Å². The molecule has 1 spiro atoms. The van der Waals surface area contributed by atoms with Gasteiger partial charge in [-0.05, 0) is 44.2 Å². The predicted molar refractivity (Wildman–Crippen MR) is 42.9 cm³/mol. The first-order valence-electron chi connectivity index (χ1n) is 4.41. The first-order chi connectivity index (χ1) is 4.73. The van der Waals surface area contributed by atoms with Crippen LogP contribution in [0.25, 0.3) is 0 Å². The minimum absolute atomic E-state index is 0.773. The van der Waals surface area contributed by atoms with Crippen LogP contribution in [0.4, 0.5) is 0 Å². The third kappa shape index (κ3) is 0.731. The van der Waals surface area contributed by atoms with Gasteiger partial charge in [-0.3, -0.25) is 0 Å². The lowest BCUT2D eigenvalue weighted by Crippen LogP contribution is -2.40. The van der Waals surface area contributed by atoms with Gasteiger partial charge >= 0.3 is 0 Å². The van der Waals surface area contributed by atoms with Crippen molar-refractivity contribution < 1.29 is 0 Å². The van der Waals surface area contributed by atoms with Gasteiger partial charge in [0, 0.05) is 6.54 Å². The Balaban J connectivity index is 2.04. The van der Waals surface area contributed by atoms with E-state index in [-0.39, 0.29) is 0 Å². The molecular formula is C9H17N. The van der Waals surface area contributed by atoms with E-state index in [4.69, 9.17) is 0 Å². The molecule has 0 aromatic heterocycles. The van der Waals surface area contributed by atoms with Crippen molar-refractivity contribution in [2.45, 2.75) is 26.2 Å². The second-order valence-electron chi connectivity index (χ2n) is 4.29. The van der Waals surface area contributed by atoms with Crippen LogP contribution < -0.4 is 0 Å². The quantitative estimate of drug-likeness (QED) is 0.494. The molecule has 1 unspecified atom stereocenters. The molecule has 0 radical (unpaired) electrons. The molecule has 1 heterocycles. The van der Waals surface area contributed by atoms with Crippen molar-refractivity contribution >= 4 is 0 Å². The second-order valence-corrected chi connectivity index (χ2v) is 4.29. The molecule has 1 aliphatic heterocycles. The van der Waals surface area contributed by atoms with Gasteiger partial charge in [0.1, 0.15) is 0 Å². The SMILES string of the molecule is CC1CC[C@@]12CCN(C)C2. The van der Waals surface area contributed by atoms with Crippen molar-refractivity contribution in [2.75, 3.05) is 20.1 Å². The number of rotatable bonds is 0. The molecule has 2 aliphatic rings. The topological polar surface area (TPSA) is 3.24 Å². The van der Waals surface area contributed by atoms with E-state index in [1.165, 1.54) is 32.4 Å². The summed E-state index contributed by atoms with van der Waals surface area (Å²) in [5, 5.41) is 0. The minimum atomic E-state index is 0.773. The van der Waals surface area contributed by atoms with E-state index in [2.05, 4.69) is 18.9 Å². The Labute approximate surface area is 63.4 Å². The summed E-state index contributed by atoms with van der Waals surface area (Å²) in [7, 11) is 2.25. The van der Waals surface area contributed by atoms with Gasteiger partial charge in [-0.1, -0.05) is 6.92 Å². The number of nitrogens with zero attached hydrogens (tertiary/aromatic N) is 1. The van der Waals surface area contributed by atoms with E-state index >= 15 is 0 Å². The smallest absolute Gasteiger partial charge is 0.00380 e. The fourth-order valence-electron chi connectivity index (χ4n) is 2.56. The maximum atomic E-state index is 2.48. The Kier molecular flexibility index (Phi) is 1.31. The standard InChI is InChI=1S/C9H17N/c1-8-3-4-9(8)5-6-10(2)7-9/h8H,3-7H2,1-2H3/t8?,9-/m0/s1. The van der Waals surface area contributed by atoms with Crippen LogP contribution in [0, 0.1) is 11.3 Å². The molecule has 1 aliphatic carbocycles. The number of likely N-dealkylation sites (tertiary alicyclic amines) is 1. The van der Waals surface area contributed by atoms with Crippen LogP contribution in [0.2, 0.25) is 0 Å². The van der Waals surface area contributed by atoms with Gasteiger partial charge in [-0.2, -0.15) is 0 Å². The fraction of sp³-hybridized carbons (Fsp3) is 1.00. The van der Waals surface area contributed by atoms with E-state index in [9.17, 15) is 0 Å². The summed E-state index contributed by atoms with van der Waals surface area (Å²) in [6.45, 7) is 5.13. The van der Waals surface area contributed by atoms with Gasteiger partial charge in [-0.15, -0.1) is 0 Å². The van der Waals surface area contributed by atoms with Crippen LogP contribution in [0.15, 0.2) is 0 Å². The van der Waals surface area contributed by atoms with Gasteiger partial charge in [0.15, 0.2) is 0 Å². The Morgan fingerprint density at radius 1 is 1.40 bits per heavy atom. The average Bonchev–Trinajstić information content (AvgIpc) is 2.31. The molecule has 10 heavy (non-hydrogen) atoms. The van der Waals surface area contributed by atoms with Gasteiger partial charge in [0.2, 0.25) is 0 Å². The number of hydrogen-bond donors (Lipinski definition) is 0. The van der Waals surface area contributed by atoms with Gasteiger partial charge in [-0.25, -0.2) is 0 Å². The normalized spacial score (nSPS) is 48.0. The summed E-state index contributed by atoms with van der Waals surface area (Å²) in [5.74, 6) is 1.01. The summed E-state index contributed by atoms with van der Waals surface area (Å²) < 4.78 is 0. The molecule has 1 heteroatoms. The van der Waals surface area contributed by atoms with Gasteiger partial charge in [0.25, 0.3) is 0 Å². The molecule has 0 N–H and O–H groups in total. The van der Waals surface area contributed by atoms with Gasteiger partial charge in [0.05, 0.1) is 0 Å². The highest BCUT2D eigenvalue weighted by Gasteiger charge is 2.47. The average molecular weight is 139 g/mol. The molecule has 1 nitrogen and oxygen atoms in total. The Morgan fingerprint density at radius 3 is 2.40 bits per heavy atom. The van der Waals surface area contributed by atoms with Crippen LogP contribution >= 0.6 is 0 Å². The lowest BCUT2D eigenvalue weighted by atomic mass is 9.60. The summed E-state index contributed by atoms with van der Waals surface area (Å²) in [6.07, 6.45) is 4.44. The maximum absolute atomic E-state index is 2.48. The Bertz CT molecular complexity index is 144. The molecule has 1 saturated heterocycles. The highest BCUT2D eigenvalue weighted by Crippen LogP contribution is 2.52. The third-order valence-electron chi connectivity index (χ3n) is 3.70. The predicted octanol–water partition coefficient (Wildman–Crippen LogP) is 1.74. The molecule has 58 valence electrons. The van der Waals surface area contributed by atoms with E-state index in [1.807, 2.05) is 0 Å². The highest BCUT2D eigenvalue weighted by molar-refractivity contribution is 4.99. The van der Waals surface area contributed by atoms with E-state index < -0.39 is 0 Å². The van der Waals surface area contributed by atoms with Crippen LogP contribution in [-0.4, -0.2) is 25.0 Å². The van der Waals surface area contributed by atoms with Crippen molar-refractivity contribution in [3.05, 3.63) is 0 Å². The van der Waals surface area contributed by atoms with Crippen LogP contribution in [0.3, 0.4) is 0 Å². The molecule has 2 atom stereocenters. The molecular weight excluding hydrogens is 122 g/mol. The zero-order valence-corrected chi connectivity index (χ0v) is 7.06. The molecule has 2 fully saturated rings. The molecule has 0 aromatic carbocycles. The molecule has 0 bridgehead atoms. The Hall–Kier alpha value is -0.0400. The monoisotopic (exact) mass is 139 g/mol. The van der Waals surface area contributed by atoms with E-state index in [0.717, 1.165) is 11.3 Å². The molecule has 0 aromatic rings. The van der Waals surface area contributed by atoms with Crippen LogP contribution in [0.5, 0.6) is 0 Å². The summed E-state index contributed by atoms with van der Waals surface area (Å²) in [6, 6.07) is 0. The lowest BCUT2D eigenvalue weighted by Gasteiger charge is -2.45. The van der Waals surface area contributed by atoms with E-state index in [1.54, 1.807) is 0 Å². The molecule has 0 amide bonds. The zero-order valence-electron chi connectivity index (χ0n) is 7.06. The lowest BCUT2D eigenvalue weighted by molar-refractivity contribution is 0.0566. The number of hydrogen-bond acceptors (Lipinski definition) is 1. The molecule has 1 saturated carbocycles. The van der Waals surface area contributed by atoms with E-state index in [0.29, 0.717) is 0 Å². The Morgan fingerprint density at radius 2 is 2.20 bits per heavy atom. The zero-order chi connectivity index (χ0) is 7.19. The first kappa shape index (κ1) is 6.66. The molecule has 2 rings (SSSR count).